The van der Waals surface area contributed by atoms with Gasteiger partial charge in [0.15, 0.2) is 0 Å². The fourth-order valence-electron chi connectivity index (χ4n) is 5.28. The van der Waals surface area contributed by atoms with Gasteiger partial charge in [0, 0.05) is 44.4 Å². The van der Waals surface area contributed by atoms with Crippen LogP contribution in [0.5, 0.6) is 0 Å². The highest BCUT2D eigenvalue weighted by Crippen LogP contribution is 2.26. The number of rotatable bonds is 24. The van der Waals surface area contributed by atoms with Gasteiger partial charge in [-0.05, 0) is 46.1 Å². The quantitative estimate of drug-likeness (QED) is 0.0387. The number of nitro benzene ring substituents is 2. The van der Waals surface area contributed by atoms with Crippen molar-refractivity contribution in [3.05, 3.63) is 79.9 Å². The zero-order valence-electron chi connectivity index (χ0n) is 27.9. The molecular formula is C33H49N3O10Si. The second-order valence-electron chi connectivity index (χ2n) is 11.1. The topological polar surface area (TPSA) is 169 Å². The maximum absolute atomic E-state index is 13.0. The van der Waals surface area contributed by atoms with Gasteiger partial charge in [-0.1, -0.05) is 68.9 Å². The number of ether oxygens (including phenoxy) is 1. The lowest BCUT2D eigenvalue weighted by Gasteiger charge is -2.28. The number of unbranched alkanes of at least 4 members (excludes halogenated alkanes) is 7. The minimum Gasteiger partial charge on any atom is -0.455 e. The third-order valence-electron chi connectivity index (χ3n) is 7.49. The highest BCUT2D eigenvalue weighted by molar-refractivity contribution is 6.60. The number of hydrogen-bond donors (Lipinski definition) is 1. The first-order chi connectivity index (χ1) is 22.6. The van der Waals surface area contributed by atoms with E-state index in [2.05, 4.69) is 5.32 Å². The molecule has 0 aromatic heterocycles. The Morgan fingerprint density at radius 2 is 1.26 bits per heavy atom. The summed E-state index contributed by atoms with van der Waals surface area (Å²) >= 11 is 0. The molecule has 0 bridgehead atoms. The molecular weight excluding hydrogens is 626 g/mol. The summed E-state index contributed by atoms with van der Waals surface area (Å²) in [5.74, 6) is -1.17. The Morgan fingerprint density at radius 3 is 1.74 bits per heavy atom. The molecule has 2 atom stereocenters. The predicted molar refractivity (Wildman–Crippen MR) is 179 cm³/mol. The van der Waals surface area contributed by atoms with E-state index in [4.69, 9.17) is 18.0 Å². The number of benzene rings is 2. The third kappa shape index (κ3) is 13.9. The fourth-order valence-corrected chi connectivity index (χ4v) is 7.96. The second kappa shape index (κ2) is 21.2. The van der Waals surface area contributed by atoms with Crippen LogP contribution in [0.4, 0.5) is 11.4 Å². The SMILES string of the molecule is CCO[Si](CCCCCCCCCCC(=O)O[C@@H](c1ccccc1)[C@@H](C)NC(=O)c1cc([N+](=O)[O-])cc([N+](=O)[O-])c1)(OCC)OCC. The van der Waals surface area contributed by atoms with Crippen LogP contribution in [0.25, 0.3) is 0 Å². The molecule has 0 saturated carbocycles. The fraction of sp³-hybridized carbons (Fsp3) is 0.576. The monoisotopic (exact) mass is 675 g/mol. The van der Waals surface area contributed by atoms with Crippen LogP contribution >= 0.6 is 0 Å². The Morgan fingerprint density at radius 1 is 0.766 bits per heavy atom. The van der Waals surface area contributed by atoms with E-state index in [0.29, 0.717) is 31.8 Å². The van der Waals surface area contributed by atoms with Gasteiger partial charge >= 0.3 is 14.8 Å². The van der Waals surface area contributed by atoms with Crippen molar-refractivity contribution < 1.29 is 37.5 Å². The van der Waals surface area contributed by atoms with Gasteiger partial charge in [0.25, 0.3) is 17.3 Å². The number of amides is 1. The van der Waals surface area contributed by atoms with Crippen molar-refractivity contribution in [3.8, 4) is 0 Å². The normalized spacial score (nSPS) is 12.7. The van der Waals surface area contributed by atoms with E-state index in [0.717, 1.165) is 69.2 Å². The molecule has 1 N–H and O–H groups in total. The van der Waals surface area contributed by atoms with Crippen LogP contribution in [0.15, 0.2) is 48.5 Å². The number of hydrogen-bond acceptors (Lipinski definition) is 10. The van der Waals surface area contributed by atoms with Crippen LogP contribution in [0.3, 0.4) is 0 Å². The number of nitrogens with zero attached hydrogens (tertiary/aromatic N) is 2. The van der Waals surface area contributed by atoms with Gasteiger partial charge in [0.2, 0.25) is 0 Å². The van der Waals surface area contributed by atoms with Crippen molar-refractivity contribution in [1.82, 2.24) is 5.32 Å². The zero-order valence-corrected chi connectivity index (χ0v) is 28.9. The van der Waals surface area contributed by atoms with Gasteiger partial charge < -0.3 is 23.3 Å². The average Bonchev–Trinajstić information content (AvgIpc) is 3.04. The molecule has 0 saturated heterocycles. The first-order valence-corrected chi connectivity index (χ1v) is 18.4. The van der Waals surface area contributed by atoms with Crippen molar-refractivity contribution in [2.24, 2.45) is 0 Å². The minimum atomic E-state index is -2.58. The molecule has 0 aliphatic rings. The summed E-state index contributed by atoms with van der Waals surface area (Å²) in [6.07, 6.45) is 7.34. The van der Waals surface area contributed by atoms with E-state index < -0.39 is 54.0 Å². The van der Waals surface area contributed by atoms with E-state index in [1.54, 1.807) is 31.2 Å². The minimum absolute atomic E-state index is 0.222. The number of non-ortho nitro benzene ring substituents is 2. The summed E-state index contributed by atoms with van der Waals surface area (Å²) < 4.78 is 23.6. The summed E-state index contributed by atoms with van der Waals surface area (Å²) in [4.78, 5) is 46.7. The molecule has 0 heterocycles. The lowest BCUT2D eigenvalue weighted by molar-refractivity contribution is -0.394. The van der Waals surface area contributed by atoms with Crippen molar-refractivity contribution in [2.45, 2.75) is 104 Å². The van der Waals surface area contributed by atoms with E-state index in [1.165, 1.54) is 0 Å². The van der Waals surface area contributed by atoms with Gasteiger partial charge in [0.1, 0.15) is 6.10 Å². The highest BCUT2D eigenvalue weighted by Gasteiger charge is 2.39. The standard InChI is InChI=1S/C33H49N3O10Si/c1-5-43-47(44-6-2,45-7-3)22-18-13-11-9-8-10-12-17-21-31(37)46-32(27-19-15-14-16-20-27)26(4)34-33(38)28-23-29(35(39)40)25-30(24-28)36(41)42/h14-16,19-20,23-26,32H,5-13,17-18,21-22H2,1-4H3,(H,34,38)/t26-,32-/m1/s1. The Labute approximate surface area is 278 Å². The molecule has 0 aliphatic heterocycles. The molecule has 13 nitrogen and oxygen atoms in total. The van der Waals surface area contributed by atoms with Crippen LogP contribution < -0.4 is 5.32 Å². The number of carbonyl (C=O) groups is 2. The Balaban J connectivity index is 1.82. The molecule has 2 rings (SSSR count). The van der Waals surface area contributed by atoms with Gasteiger partial charge in [-0.2, -0.15) is 0 Å². The van der Waals surface area contributed by atoms with Gasteiger partial charge in [-0.15, -0.1) is 0 Å². The molecule has 0 aliphatic carbocycles. The molecule has 0 spiro atoms. The van der Waals surface area contributed by atoms with E-state index in [1.807, 2.05) is 26.8 Å². The summed E-state index contributed by atoms with van der Waals surface area (Å²) in [6.45, 7) is 9.28. The van der Waals surface area contributed by atoms with Crippen molar-refractivity contribution in [2.75, 3.05) is 19.8 Å². The molecule has 14 heteroatoms. The Hall–Kier alpha value is -3.72. The van der Waals surface area contributed by atoms with Crippen LogP contribution in [-0.2, 0) is 22.8 Å². The molecule has 2 aromatic rings. The van der Waals surface area contributed by atoms with Gasteiger partial charge in [-0.3, -0.25) is 29.8 Å². The Bertz CT molecular complexity index is 1230. The average molecular weight is 676 g/mol. The van der Waals surface area contributed by atoms with Crippen molar-refractivity contribution in [1.29, 1.82) is 0 Å². The Kier molecular flexibility index (Phi) is 17.8. The molecule has 47 heavy (non-hydrogen) atoms. The van der Waals surface area contributed by atoms with Gasteiger partial charge in [-0.25, -0.2) is 0 Å². The summed E-state index contributed by atoms with van der Waals surface area (Å²) in [7, 11) is -2.58. The molecule has 2 aromatic carbocycles. The summed E-state index contributed by atoms with van der Waals surface area (Å²) in [5.41, 5.74) is -0.740. The van der Waals surface area contributed by atoms with Crippen LogP contribution in [0, 0.1) is 20.2 Å². The number of esters is 1. The molecule has 260 valence electrons. The second-order valence-corrected chi connectivity index (χ2v) is 13.9. The zero-order chi connectivity index (χ0) is 34.7. The maximum Gasteiger partial charge on any atom is 0.500 e. The molecule has 1 amide bonds. The molecule has 0 unspecified atom stereocenters. The van der Waals surface area contributed by atoms with Gasteiger partial charge in [0.05, 0.1) is 27.5 Å². The van der Waals surface area contributed by atoms with E-state index in [-0.39, 0.29) is 12.0 Å². The lowest BCUT2D eigenvalue weighted by atomic mass is 10.0. The van der Waals surface area contributed by atoms with Crippen molar-refractivity contribution >= 4 is 32.1 Å². The highest BCUT2D eigenvalue weighted by atomic mass is 28.4. The van der Waals surface area contributed by atoms with E-state index in [9.17, 15) is 29.8 Å². The van der Waals surface area contributed by atoms with E-state index >= 15 is 0 Å². The predicted octanol–water partition coefficient (Wildman–Crippen LogP) is 7.47. The molecule has 0 radical (unpaired) electrons. The van der Waals surface area contributed by atoms with Crippen LogP contribution in [0.1, 0.15) is 108 Å². The molecule has 0 fully saturated rings. The van der Waals surface area contributed by atoms with Crippen LogP contribution in [-0.4, -0.2) is 56.4 Å². The summed E-state index contributed by atoms with van der Waals surface area (Å²) in [6, 6.07) is 11.7. The van der Waals surface area contributed by atoms with Crippen molar-refractivity contribution in [3.63, 3.8) is 0 Å². The third-order valence-corrected chi connectivity index (χ3v) is 10.6. The number of nitro groups is 2. The largest absolute Gasteiger partial charge is 0.500 e. The number of carbonyl (C=O) groups excluding carboxylic acids is 2. The number of nitrogens with one attached hydrogen (secondary N) is 1. The van der Waals surface area contributed by atoms with Crippen LogP contribution in [0.2, 0.25) is 6.04 Å². The maximum atomic E-state index is 13.0. The summed E-state index contributed by atoms with van der Waals surface area (Å²) in [5, 5.41) is 25.2. The lowest BCUT2D eigenvalue weighted by Crippen LogP contribution is -2.45. The first kappa shape index (κ1) is 39.5. The first-order valence-electron chi connectivity index (χ1n) is 16.5. The smallest absolute Gasteiger partial charge is 0.455 e.